The molecule has 0 saturated heterocycles. The van der Waals surface area contributed by atoms with E-state index in [0.29, 0.717) is 0 Å². The maximum atomic E-state index is 13.5. The summed E-state index contributed by atoms with van der Waals surface area (Å²) in [4.78, 5) is 34.9. The van der Waals surface area contributed by atoms with Gasteiger partial charge in [-0.2, -0.15) is 0 Å². The highest BCUT2D eigenvalue weighted by molar-refractivity contribution is 6.12. The van der Waals surface area contributed by atoms with Crippen LogP contribution in [0.1, 0.15) is 29.8 Å². The van der Waals surface area contributed by atoms with Crippen LogP contribution in [-0.2, 0) is 9.59 Å². The standard InChI is InChI=1S/C17H12F2O5/c1-9(20)23-15-5-3-11(18)7-13(15)17(22)14-8-12(19)4-6-16(14)24-10(2)21/h3-8H,1-2H3. The number of carbonyl (C=O) groups excluding carboxylic acids is 3. The second-order valence-electron chi connectivity index (χ2n) is 4.80. The number of ketones is 1. The van der Waals surface area contributed by atoms with Crippen molar-refractivity contribution in [3.8, 4) is 11.5 Å². The SMILES string of the molecule is CC(=O)Oc1ccc(F)cc1C(=O)c1cc(F)ccc1OC(C)=O. The van der Waals surface area contributed by atoms with Gasteiger partial charge in [-0.05, 0) is 36.4 Å². The molecule has 0 radical (unpaired) electrons. The molecule has 7 heteroatoms. The molecule has 0 aliphatic carbocycles. The molecule has 0 aliphatic rings. The molecule has 5 nitrogen and oxygen atoms in total. The smallest absolute Gasteiger partial charge is 0.308 e. The monoisotopic (exact) mass is 334 g/mol. The van der Waals surface area contributed by atoms with Crippen LogP contribution in [-0.4, -0.2) is 17.7 Å². The van der Waals surface area contributed by atoms with Crippen molar-refractivity contribution in [2.24, 2.45) is 0 Å². The van der Waals surface area contributed by atoms with E-state index in [4.69, 9.17) is 9.47 Å². The Morgan fingerprint density at radius 3 is 1.46 bits per heavy atom. The van der Waals surface area contributed by atoms with Crippen LogP contribution in [0.25, 0.3) is 0 Å². The molecule has 2 aromatic carbocycles. The van der Waals surface area contributed by atoms with Gasteiger partial charge in [0.2, 0.25) is 5.78 Å². The van der Waals surface area contributed by atoms with Gasteiger partial charge in [-0.15, -0.1) is 0 Å². The molecule has 24 heavy (non-hydrogen) atoms. The van der Waals surface area contributed by atoms with Gasteiger partial charge in [0.1, 0.15) is 23.1 Å². The molecule has 0 atom stereocenters. The van der Waals surface area contributed by atoms with Crippen molar-refractivity contribution in [3.05, 3.63) is 59.2 Å². The molecular weight excluding hydrogens is 322 g/mol. The van der Waals surface area contributed by atoms with E-state index in [1.807, 2.05) is 0 Å². The maximum Gasteiger partial charge on any atom is 0.308 e. The van der Waals surface area contributed by atoms with Gasteiger partial charge in [-0.25, -0.2) is 8.78 Å². The molecule has 0 heterocycles. The highest BCUT2D eigenvalue weighted by Gasteiger charge is 2.22. The van der Waals surface area contributed by atoms with E-state index < -0.39 is 29.4 Å². The molecule has 0 N–H and O–H groups in total. The Kier molecular flexibility index (Phi) is 5.03. The summed E-state index contributed by atoms with van der Waals surface area (Å²) < 4.78 is 36.7. The minimum atomic E-state index is -0.860. The van der Waals surface area contributed by atoms with E-state index in [-0.39, 0.29) is 22.6 Å². The zero-order valence-electron chi connectivity index (χ0n) is 12.8. The Morgan fingerprint density at radius 2 is 1.12 bits per heavy atom. The quantitative estimate of drug-likeness (QED) is 0.488. The molecule has 0 aliphatic heterocycles. The van der Waals surface area contributed by atoms with Crippen molar-refractivity contribution in [3.63, 3.8) is 0 Å². The Labute approximate surface area is 135 Å². The number of hydrogen-bond donors (Lipinski definition) is 0. The fourth-order valence-electron chi connectivity index (χ4n) is 1.99. The lowest BCUT2D eigenvalue weighted by Crippen LogP contribution is -2.12. The fourth-order valence-corrected chi connectivity index (χ4v) is 1.99. The van der Waals surface area contributed by atoms with Crippen molar-refractivity contribution in [1.29, 1.82) is 0 Å². The first kappa shape index (κ1) is 17.3. The number of halogens is 2. The van der Waals surface area contributed by atoms with Crippen LogP contribution in [0.4, 0.5) is 8.78 Å². The summed E-state index contributed by atoms with van der Waals surface area (Å²) in [6.45, 7) is 2.23. The number of benzene rings is 2. The first-order valence-corrected chi connectivity index (χ1v) is 6.78. The van der Waals surface area contributed by atoms with Gasteiger partial charge in [0.15, 0.2) is 0 Å². The summed E-state index contributed by atoms with van der Waals surface area (Å²) in [5.74, 6) is -4.16. The predicted molar refractivity (Wildman–Crippen MR) is 78.9 cm³/mol. The molecule has 0 aromatic heterocycles. The van der Waals surface area contributed by atoms with E-state index in [1.54, 1.807) is 0 Å². The van der Waals surface area contributed by atoms with E-state index >= 15 is 0 Å². The highest BCUT2D eigenvalue weighted by atomic mass is 19.1. The van der Waals surface area contributed by atoms with Gasteiger partial charge in [0, 0.05) is 13.8 Å². The first-order valence-electron chi connectivity index (χ1n) is 6.78. The third-order valence-electron chi connectivity index (χ3n) is 2.88. The maximum absolute atomic E-state index is 13.5. The minimum absolute atomic E-state index is 0.188. The molecule has 0 unspecified atom stereocenters. The van der Waals surface area contributed by atoms with Crippen LogP contribution >= 0.6 is 0 Å². The lowest BCUT2D eigenvalue weighted by Gasteiger charge is -2.11. The minimum Gasteiger partial charge on any atom is -0.426 e. The van der Waals surface area contributed by atoms with Crippen molar-refractivity contribution in [2.75, 3.05) is 0 Å². The van der Waals surface area contributed by atoms with Crippen LogP contribution in [0.2, 0.25) is 0 Å². The number of carbonyl (C=O) groups is 3. The Balaban J connectivity index is 2.56. The molecule has 0 spiro atoms. The average molecular weight is 334 g/mol. The number of ether oxygens (including phenoxy) is 2. The summed E-state index contributed by atoms with van der Waals surface area (Å²) in [6.07, 6.45) is 0. The summed E-state index contributed by atoms with van der Waals surface area (Å²) >= 11 is 0. The normalized spacial score (nSPS) is 10.2. The molecule has 0 bridgehead atoms. The molecule has 0 fully saturated rings. The van der Waals surface area contributed by atoms with Crippen molar-refractivity contribution >= 4 is 17.7 Å². The summed E-state index contributed by atoms with van der Waals surface area (Å²) in [5, 5.41) is 0. The van der Waals surface area contributed by atoms with Gasteiger partial charge < -0.3 is 9.47 Å². The molecular formula is C17H12F2O5. The molecule has 2 aromatic rings. The van der Waals surface area contributed by atoms with E-state index in [0.717, 1.165) is 50.2 Å². The summed E-state index contributed by atoms with van der Waals surface area (Å²) in [7, 11) is 0. The third-order valence-corrected chi connectivity index (χ3v) is 2.88. The average Bonchev–Trinajstić information content (AvgIpc) is 2.49. The Morgan fingerprint density at radius 1 is 0.750 bits per heavy atom. The number of esters is 2. The van der Waals surface area contributed by atoms with Gasteiger partial charge in [-0.3, -0.25) is 14.4 Å². The van der Waals surface area contributed by atoms with Gasteiger partial charge in [0.25, 0.3) is 0 Å². The third kappa shape index (κ3) is 4.01. The van der Waals surface area contributed by atoms with Crippen molar-refractivity contribution in [2.45, 2.75) is 13.8 Å². The van der Waals surface area contributed by atoms with Gasteiger partial charge >= 0.3 is 11.9 Å². The van der Waals surface area contributed by atoms with Crippen LogP contribution < -0.4 is 9.47 Å². The van der Waals surface area contributed by atoms with Crippen LogP contribution in [0.3, 0.4) is 0 Å². The topological polar surface area (TPSA) is 69.7 Å². The van der Waals surface area contributed by atoms with Crippen LogP contribution in [0.15, 0.2) is 36.4 Å². The Bertz CT molecular complexity index is 762. The van der Waals surface area contributed by atoms with E-state index in [9.17, 15) is 23.2 Å². The lowest BCUT2D eigenvalue weighted by molar-refractivity contribution is -0.132. The zero-order valence-corrected chi connectivity index (χ0v) is 12.8. The highest BCUT2D eigenvalue weighted by Crippen LogP contribution is 2.28. The first-order chi connectivity index (χ1) is 11.3. The van der Waals surface area contributed by atoms with Crippen molar-refractivity contribution in [1.82, 2.24) is 0 Å². The fraction of sp³-hybridized carbons (Fsp3) is 0.118. The van der Waals surface area contributed by atoms with Gasteiger partial charge in [-0.1, -0.05) is 0 Å². The van der Waals surface area contributed by atoms with E-state index in [2.05, 4.69) is 0 Å². The Hall–Kier alpha value is -3.09. The molecule has 124 valence electrons. The summed E-state index contributed by atoms with van der Waals surface area (Å²) in [5.41, 5.74) is -0.603. The van der Waals surface area contributed by atoms with Crippen molar-refractivity contribution < 1.29 is 32.6 Å². The molecule has 0 saturated carbocycles. The summed E-state index contributed by atoms with van der Waals surface area (Å²) in [6, 6.07) is 5.93. The largest absolute Gasteiger partial charge is 0.426 e. The van der Waals surface area contributed by atoms with Crippen LogP contribution in [0.5, 0.6) is 11.5 Å². The lowest BCUT2D eigenvalue weighted by atomic mass is 10.0. The zero-order chi connectivity index (χ0) is 17.9. The predicted octanol–water partition coefficient (Wildman–Crippen LogP) is 3.05. The molecule has 2 rings (SSSR count). The second-order valence-corrected chi connectivity index (χ2v) is 4.80. The molecule has 0 amide bonds. The van der Waals surface area contributed by atoms with Crippen LogP contribution in [0, 0.1) is 11.6 Å². The van der Waals surface area contributed by atoms with E-state index in [1.165, 1.54) is 0 Å². The van der Waals surface area contributed by atoms with Gasteiger partial charge in [0.05, 0.1) is 11.1 Å². The second kappa shape index (κ2) is 6.99. The number of hydrogen-bond acceptors (Lipinski definition) is 5. The number of rotatable bonds is 4.